The van der Waals surface area contributed by atoms with Gasteiger partial charge in [-0.15, -0.1) is 0 Å². The van der Waals surface area contributed by atoms with Crippen LogP contribution in [0.15, 0.2) is 35.9 Å². The van der Waals surface area contributed by atoms with Gasteiger partial charge in [-0.1, -0.05) is 23.8 Å². The zero-order valence-electron chi connectivity index (χ0n) is 16.3. The maximum Gasteiger partial charge on any atom is 0.321 e. The molecular formula is C21H30N4O3. The molecule has 1 aliphatic carbocycles. The maximum absolute atomic E-state index is 12.1. The Hall–Kier alpha value is -2.54. The summed E-state index contributed by atoms with van der Waals surface area (Å²) in [6.45, 7) is 3.63. The lowest BCUT2D eigenvalue weighted by molar-refractivity contribution is -0.121. The molecule has 1 heterocycles. The Balaban J connectivity index is 1.33. The Labute approximate surface area is 166 Å². The minimum atomic E-state index is -0.422. The first-order valence-corrected chi connectivity index (χ1v) is 10.1. The van der Waals surface area contributed by atoms with Gasteiger partial charge in [0.05, 0.1) is 12.2 Å². The highest BCUT2D eigenvalue weighted by Crippen LogP contribution is 2.27. The van der Waals surface area contributed by atoms with E-state index in [9.17, 15) is 14.7 Å². The van der Waals surface area contributed by atoms with Crippen LogP contribution in [0.5, 0.6) is 5.75 Å². The fraction of sp³-hybridized carbons (Fsp3) is 0.524. The van der Waals surface area contributed by atoms with Gasteiger partial charge in [0.25, 0.3) is 0 Å². The number of imide groups is 1. The first kappa shape index (κ1) is 20.2. The molecule has 0 saturated carbocycles. The molecule has 0 aromatic heterocycles. The molecule has 3 rings (SSSR count). The lowest BCUT2D eigenvalue weighted by atomic mass is 9.97. The number of piperazine rings is 1. The average molecular weight is 386 g/mol. The molecule has 0 radical (unpaired) electrons. The van der Waals surface area contributed by atoms with Crippen molar-refractivity contribution in [2.45, 2.75) is 32.1 Å². The summed E-state index contributed by atoms with van der Waals surface area (Å²) in [6.07, 6.45) is 7.87. The molecule has 3 N–H and O–H groups in total. The van der Waals surface area contributed by atoms with Crippen molar-refractivity contribution >= 4 is 17.6 Å². The highest BCUT2D eigenvalue weighted by atomic mass is 16.3. The van der Waals surface area contributed by atoms with Crippen molar-refractivity contribution in [1.82, 2.24) is 15.5 Å². The van der Waals surface area contributed by atoms with Crippen LogP contribution in [0.1, 0.15) is 32.1 Å². The van der Waals surface area contributed by atoms with E-state index in [0.29, 0.717) is 19.6 Å². The number of nitrogens with zero attached hydrogens (tertiary/aromatic N) is 2. The molecule has 1 saturated heterocycles. The van der Waals surface area contributed by atoms with Crippen LogP contribution in [-0.4, -0.2) is 61.2 Å². The third-order valence-corrected chi connectivity index (χ3v) is 5.33. The fourth-order valence-corrected chi connectivity index (χ4v) is 3.76. The number of carbonyl (C=O) groups is 2. The van der Waals surface area contributed by atoms with Crippen LogP contribution in [0.2, 0.25) is 0 Å². The first-order valence-electron chi connectivity index (χ1n) is 10.1. The third-order valence-electron chi connectivity index (χ3n) is 5.33. The van der Waals surface area contributed by atoms with E-state index < -0.39 is 6.03 Å². The molecule has 3 amide bonds. The summed E-state index contributed by atoms with van der Waals surface area (Å²) in [4.78, 5) is 28.1. The summed E-state index contributed by atoms with van der Waals surface area (Å²) in [5, 5.41) is 15.1. The van der Waals surface area contributed by atoms with Crippen molar-refractivity contribution in [3.05, 3.63) is 35.9 Å². The molecule has 1 aliphatic heterocycles. The number of carbonyl (C=O) groups excluding carboxylic acids is 2. The van der Waals surface area contributed by atoms with Crippen LogP contribution in [0.3, 0.4) is 0 Å². The average Bonchev–Trinajstić information content (AvgIpc) is 2.70. The summed E-state index contributed by atoms with van der Waals surface area (Å²) in [5.41, 5.74) is 2.22. The van der Waals surface area contributed by atoms with Crippen LogP contribution in [0.4, 0.5) is 10.5 Å². The van der Waals surface area contributed by atoms with Crippen molar-refractivity contribution in [3.8, 4) is 5.75 Å². The van der Waals surface area contributed by atoms with Crippen molar-refractivity contribution < 1.29 is 14.7 Å². The molecule has 0 spiro atoms. The van der Waals surface area contributed by atoms with Crippen LogP contribution in [0.25, 0.3) is 0 Å². The zero-order chi connectivity index (χ0) is 19.8. The summed E-state index contributed by atoms with van der Waals surface area (Å²) >= 11 is 0. The first-order chi connectivity index (χ1) is 13.6. The van der Waals surface area contributed by atoms with E-state index in [0.717, 1.165) is 38.0 Å². The predicted molar refractivity (Wildman–Crippen MR) is 109 cm³/mol. The van der Waals surface area contributed by atoms with Crippen LogP contribution >= 0.6 is 0 Å². The van der Waals surface area contributed by atoms with E-state index in [1.165, 1.54) is 18.4 Å². The van der Waals surface area contributed by atoms with Gasteiger partial charge in [-0.3, -0.25) is 15.0 Å². The molecule has 152 valence electrons. The summed E-state index contributed by atoms with van der Waals surface area (Å²) in [5.74, 6) is -0.0141. The number of urea groups is 1. The molecule has 1 aromatic rings. The number of aromatic hydroxyl groups is 1. The van der Waals surface area contributed by atoms with Crippen LogP contribution < -0.4 is 15.5 Å². The lowest BCUT2D eigenvalue weighted by Crippen LogP contribution is -2.51. The van der Waals surface area contributed by atoms with Crippen LogP contribution in [-0.2, 0) is 4.79 Å². The topological polar surface area (TPSA) is 84.9 Å². The molecule has 1 fully saturated rings. The number of amides is 3. The van der Waals surface area contributed by atoms with E-state index in [1.807, 2.05) is 17.0 Å². The van der Waals surface area contributed by atoms with Gasteiger partial charge in [0.1, 0.15) is 5.75 Å². The predicted octanol–water partition coefficient (Wildman–Crippen LogP) is 2.23. The Morgan fingerprint density at radius 2 is 1.86 bits per heavy atom. The van der Waals surface area contributed by atoms with Crippen molar-refractivity contribution in [2.75, 3.05) is 44.2 Å². The van der Waals surface area contributed by atoms with E-state index in [4.69, 9.17) is 0 Å². The highest BCUT2D eigenvalue weighted by Gasteiger charge is 2.21. The molecule has 2 aliphatic rings. The Bertz CT molecular complexity index is 711. The Morgan fingerprint density at radius 1 is 1.07 bits per heavy atom. The van der Waals surface area contributed by atoms with E-state index in [1.54, 1.807) is 12.1 Å². The second kappa shape index (κ2) is 10.1. The van der Waals surface area contributed by atoms with Crippen LogP contribution in [0, 0.1) is 0 Å². The molecule has 0 unspecified atom stereocenters. The summed E-state index contributed by atoms with van der Waals surface area (Å²) in [7, 11) is 0. The number of hydrogen-bond acceptors (Lipinski definition) is 5. The zero-order valence-corrected chi connectivity index (χ0v) is 16.3. The molecule has 0 bridgehead atoms. The molecular weight excluding hydrogens is 356 g/mol. The van der Waals surface area contributed by atoms with E-state index in [2.05, 4.69) is 21.6 Å². The Kier molecular flexibility index (Phi) is 7.31. The summed E-state index contributed by atoms with van der Waals surface area (Å²) < 4.78 is 0. The molecule has 1 aromatic carbocycles. The highest BCUT2D eigenvalue weighted by molar-refractivity contribution is 5.95. The molecule has 7 nitrogen and oxygen atoms in total. The lowest BCUT2D eigenvalue weighted by Gasteiger charge is -2.35. The fourth-order valence-electron chi connectivity index (χ4n) is 3.76. The van der Waals surface area contributed by atoms with Crippen molar-refractivity contribution in [3.63, 3.8) is 0 Å². The smallest absolute Gasteiger partial charge is 0.321 e. The van der Waals surface area contributed by atoms with Gasteiger partial charge in [0.15, 0.2) is 0 Å². The van der Waals surface area contributed by atoms with E-state index >= 15 is 0 Å². The number of anilines is 1. The largest absolute Gasteiger partial charge is 0.506 e. The minimum absolute atomic E-state index is 0.202. The molecule has 0 atom stereocenters. The SMILES string of the molecule is O=C(CN1CCN(c2ccccc2O)CC1)NC(=O)NCCC1=CCCCC1. The quantitative estimate of drug-likeness (QED) is 0.653. The molecule has 7 heteroatoms. The third kappa shape index (κ3) is 5.99. The minimum Gasteiger partial charge on any atom is -0.506 e. The van der Waals surface area contributed by atoms with Gasteiger partial charge in [0, 0.05) is 32.7 Å². The molecule has 28 heavy (non-hydrogen) atoms. The number of benzene rings is 1. The van der Waals surface area contributed by atoms with Crippen molar-refractivity contribution in [2.24, 2.45) is 0 Å². The summed E-state index contributed by atoms with van der Waals surface area (Å²) in [6, 6.07) is 6.85. The van der Waals surface area contributed by atoms with Gasteiger partial charge in [-0.2, -0.15) is 0 Å². The van der Waals surface area contributed by atoms with Gasteiger partial charge < -0.3 is 15.3 Å². The van der Waals surface area contributed by atoms with Gasteiger partial charge in [0.2, 0.25) is 5.91 Å². The number of phenolic OH excluding ortho intramolecular Hbond substituents is 1. The number of phenols is 1. The van der Waals surface area contributed by atoms with Gasteiger partial charge >= 0.3 is 6.03 Å². The number of hydrogen-bond donors (Lipinski definition) is 3. The van der Waals surface area contributed by atoms with Crippen molar-refractivity contribution in [1.29, 1.82) is 0 Å². The second-order valence-corrected chi connectivity index (χ2v) is 7.41. The van der Waals surface area contributed by atoms with Gasteiger partial charge in [-0.25, -0.2) is 4.79 Å². The second-order valence-electron chi connectivity index (χ2n) is 7.41. The normalized spacial score (nSPS) is 17.7. The Morgan fingerprint density at radius 3 is 2.57 bits per heavy atom. The standard InChI is InChI=1S/C21H30N4O3/c26-19-9-5-4-8-18(19)25-14-12-24(13-15-25)16-20(27)23-21(28)22-11-10-17-6-2-1-3-7-17/h4-6,8-9,26H,1-3,7,10-16H2,(H2,22,23,27,28). The number of allylic oxidation sites excluding steroid dienone is 1. The number of rotatable bonds is 6. The maximum atomic E-state index is 12.1. The van der Waals surface area contributed by atoms with Gasteiger partial charge in [-0.05, 0) is 44.2 Å². The van der Waals surface area contributed by atoms with E-state index in [-0.39, 0.29) is 18.2 Å². The number of para-hydroxylation sites is 2. The monoisotopic (exact) mass is 386 g/mol. The number of nitrogens with one attached hydrogen (secondary N) is 2.